The largest absolute Gasteiger partial charge is 0.492 e. The van der Waals surface area contributed by atoms with Crippen LogP contribution in [0.5, 0.6) is 5.75 Å². The Kier molecular flexibility index (Phi) is 6.89. The summed E-state index contributed by atoms with van der Waals surface area (Å²) in [6.45, 7) is 6.26. The predicted molar refractivity (Wildman–Crippen MR) is 100 cm³/mol. The molecule has 0 heterocycles. The highest BCUT2D eigenvalue weighted by Crippen LogP contribution is 2.26. The molecule has 1 saturated carbocycles. The molecule has 0 spiro atoms. The van der Waals surface area contributed by atoms with Gasteiger partial charge in [0.2, 0.25) is 0 Å². The van der Waals surface area contributed by atoms with Crippen molar-refractivity contribution in [3.63, 3.8) is 0 Å². The van der Waals surface area contributed by atoms with Crippen molar-refractivity contribution >= 4 is 12.0 Å². The van der Waals surface area contributed by atoms with Crippen LogP contribution in [0.25, 0.3) is 0 Å². The molecule has 0 bridgehead atoms. The smallest absolute Gasteiger partial charge is 0.407 e. The first kappa shape index (κ1) is 20.1. The molecule has 1 fully saturated rings. The fourth-order valence-electron chi connectivity index (χ4n) is 3.06. The molecule has 2 amide bonds. The minimum Gasteiger partial charge on any atom is -0.492 e. The number of nitrogens with two attached hydrogens (primary N) is 1. The van der Waals surface area contributed by atoms with Gasteiger partial charge in [-0.15, -0.1) is 0 Å². The van der Waals surface area contributed by atoms with Crippen molar-refractivity contribution < 1.29 is 19.1 Å². The van der Waals surface area contributed by atoms with E-state index in [0.717, 1.165) is 5.56 Å². The molecule has 0 radical (unpaired) electrons. The molecule has 144 valence electrons. The highest BCUT2D eigenvalue weighted by molar-refractivity contribution is 5.95. The van der Waals surface area contributed by atoms with E-state index in [9.17, 15) is 9.59 Å². The first-order valence-corrected chi connectivity index (χ1v) is 9.27. The molecule has 2 rings (SSSR count). The number of hydrogen-bond acceptors (Lipinski definition) is 4. The summed E-state index contributed by atoms with van der Waals surface area (Å²) in [7, 11) is 0. The lowest BCUT2D eigenvalue weighted by molar-refractivity contribution is 0.0523. The van der Waals surface area contributed by atoms with E-state index >= 15 is 0 Å². The molecule has 6 heteroatoms. The van der Waals surface area contributed by atoms with Crippen LogP contribution in [0.15, 0.2) is 18.2 Å². The molecule has 6 nitrogen and oxygen atoms in total. The molecular weight excluding hydrogens is 332 g/mol. The number of benzene rings is 1. The monoisotopic (exact) mass is 362 g/mol. The molecule has 0 aliphatic heterocycles. The number of hydrogen-bond donors (Lipinski definition) is 2. The molecule has 3 N–H and O–H groups in total. The van der Waals surface area contributed by atoms with E-state index in [-0.39, 0.29) is 6.54 Å². The Hall–Kier alpha value is -2.24. The predicted octanol–water partition coefficient (Wildman–Crippen LogP) is 3.77. The minimum atomic E-state index is -0.556. The van der Waals surface area contributed by atoms with Crippen molar-refractivity contribution in [1.82, 2.24) is 5.32 Å². The van der Waals surface area contributed by atoms with Crippen LogP contribution in [0.1, 0.15) is 68.8 Å². The minimum absolute atomic E-state index is 0.248. The first-order valence-electron chi connectivity index (χ1n) is 9.27. The van der Waals surface area contributed by atoms with Gasteiger partial charge in [-0.25, -0.2) is 4.79 Å². The van der Waals surface area contributed by atoms with Crippen LogP contribution in [0.2, 0.25) is 0 Å². The van der Waals surface area contributed by atoms with Crippen molar-refractivity contribution in [2.24, 2.45) is 11.7 Å². The Morgan fingerprint density at radius 3 is 2.50 bits per heavy atom. The van der Waals surface area contributed by atoms with E-state index in [1.165, 1.54) is 32.1 Å². The van der Waals surface area contributed by atoms with Crippen LogP contribution in [-0.4, -0.2) is 24.2 Å². The van der Waals surface area contributed by atoms with Gasteiger partial charge in [-0.05, 0) is 57.2 Å². The van der Waals surface area contributed by atoms with Crippen molar-refractivity contribution in [3.05, 3.63) is 29.3 Å². The maximum atomic E-state index is 11.8. The van der Waals surface area contributed by atoms with E-state index in [1.807, 2.05) is 6.07 Å². The third-order valence-electron chi connectivity index (χ3n) is 4.34. The molecule has 1 aromatic rings. The number of rotatable bonds is 6. The van der Waals surface area contributed by atoms with Crippen LogP contribution >= 0.6 is 0 Å². The topological polar surface area (TPSA) is 90.7 Å². The lowest BCUT2D eigenvalue weighted by Gasteiger charge is -2.22. The van der Waals surface area contributed by atoms with Crippen molar-refractivity contribution in [1.29, 1.82) is 0 Å². The van der Waals surface area contributed by atoms with Crippen LogP contribution in [-0.2, 0) is 11.3 Å². The van der Waals surface area contributed by atoms with Gasteiger partial charge in [-0.3, -0.25) is 4.79 Å². The summed E-state index contributed by atoms with van der Waals surface area (Å²) < 4.78 is 11.1. The summed E-state index contributed by atoms with van der Waals surface area (Å²) in [5.74, 6) is 0.504. The van der Waals surface area contributed by atoms with Crippen molar-refractivity contribution in [2.75, 3.05) is 6.61 Å². The number of alkyl carbamates (subject to hydrolysis) is 1. The molecular formula is C20H30N2O4. The molecule has 1 aliphatic rings. The van der Waals surface area contributed by atoms with Crippen LogP contribution in [0.4, 0.5) is 4.79 Å². The number of amides is 2. The average Bonchev–Trinajstić information content (AvgIpc) is 2.58. The zero-order valence-electron chi connectivity index (χ0n) is 16.0. The van der Waals surface area contributed by atoms with Gasteiger partial charge in [-0.1, -0.05) is 25.3 Å². The van der Waals surface area contributed by atoms with E-state index in [0.29, 0.717) is 23.8 Å². The number of carbonyl (C=O) groups is 2. The Bertz CT molecular complexity index is 631. The number of carbonyl (C=O) groups excluding carboxylic acids is 2. The van der Waals surface area contributed by atoms with Crippen molar-refractivity contribution in [2.45, 2.75) is 65.0 Å². The van der Waals surface area contributed by atoms with Crippen LogP contribution in [0, 0.1) is 5.92 Å². The summed E-state index contributed by atoms with van der Waals surface area (Å²) >= 11 is 0. The van der Waals surface area contributed by atoms with E-state index in [4.69, 9.17) is 15.2 Å². The third kappa shape index (κ3) is 6.58. The average molecular weight is 362 g/mol. The normalized spacial score (nSPS) is 15.3. The zero-order valence-corrected chi connectivity index (χ0v) is 16.0. The Morgan fingerprint density at radius 1 is 1.19 bits per heavy atom. The molecule has 0 atom stereocenters. The van der Waals surface area contributed by atoms with Gasteiger partial charge in [0.25, 0.3) is 5.91 Å². The Morgan fingerprint density at radius 2 is 1.88 bits per heavy atom. The lowest BCUT2D eigenvalue weighted by Crippen LogP contribution is -2.32. The van der Waals surface area contributed by atoms with Gasteiger partial charge in [0.1, 0.15) is 11.4 Å². The lowest BCUT2D eigenvalue weighted by atomic mass is 9.90. The maximum Gasteiger partial charge on any atom is 0.407 e. The summed E-state index contributed by atoms with van der Waals surface area (Å²) in [6, 6.07) is 5.23. The van der Waals surface area contributed by atoms with Gasteiger partial charge in [-0.2, -0.15) is 0 Å². The molecule has 1 aliphatic carbocycles. The number of nitrogens with one attached hydrogen (secondary N) is 1. The maximum absolute atomic E-state index is 11.8. The summed E-state index contributed by atoms with van der Waals surface area (Å²) in [5.41, 5.74) is 6.04. The van der Waals surface area contributed by atoms with E-state index in [2.05, 4.69) is 5.32 Å². The first-order chi connectivity index (χ1) is 12.2. The summed E-state index contributed by atoms with van der Waals surface area (Å²) in [4.78, 5) is 23.5. The van der Waals surface area contributed by atoms with E-state index < -0.39 is 17.6 Å². The third-order valence-corrected chi connectivity index (χ3v) is 4.34. The van der Waals surface area contributed by atoms with Crippen LogP contribution < -0.4 is 15.8 Å². The fraction of sp³-hybridized carbons (Fsp3) is 0.600. The second-order valence-corrected chi connectivity index (χ2v) is 7.87. The standard InChI is InChI=1S/C20H30N2O4/c1-20(2,3)26-19(24)22-12-15-9-10-17(16(11-15)18(21)23)25-13-14-7-5-4-6-8-14/h9-11,14H,4-8,12-13H2,1-3H3,(H2,21,23)(H,22,24). The highest BCUT2D eigenvalue weighted by atomic mass is 16.6. The SMILES string of the molecule is CC(C)(C)OC(=O)NCc1ccc(OCC2CCCCC2)c(C(N)=O)c1. The second-order valence-electron chi connectivity index (χ2n) is 7.87. The Balaban J connectivity index is 1.96. The summed E-state index contributed by atoms with van der Waals surface area (Å²) in [5, 5.41) is 2.67. The second kappa shape index (κ2) is 8.92. The number of ether oxygens (including phenoxy) is 2. The summed E-state index contributed by atoms with van der Waals surface area (Å²) in [6.07, 6.45) is 5.62. The van der Waals surface area contributed by atoms with Gasteiger partial charge < -0.3 is 20.5 Å². The molecule has 0 aromatic heterocycles. The quantitative estimate of drug-likeness (QED) is 0.806. The van der Waals surface area contributed by atoms with Gasteiger partial charge in [0.15, 0.2) is 0 Å². The van der Waals surface area contributed by atoms with Crippen LogP contribution in [0.3, 0.4) is 0 Å². The van der Waals surface area contributed by atoms with Crippen molar-refractivity contribution in [3.8, 4) is 5.75 Å². The van der Waals surface area contributed by atoms with Gasteiger partial charge in [0, 0.05) is 6.54 Å². The number of primary amides is 1. The molecule has 26 heavy (non-hydrogen) atoms. The van der Waals surface area contributed by atoms with E-state index in [1.54, 1.807) is 32.9 Å². The highest BCUT2D eigenvalue weighted by Gasteiger charge is 2.18. The Labute approximate surface area is 155 Å². The van der Waals surface area contributed by atoms with Gasteiger partial charge >= 0.3 is 6.09 Å². The van der Waals surface area contributed by atoms with Gasteiger partial charge in [0.05, 0.1) is 12.2 Å². The fourth-order valence-corrected chi connectivity index (χ4v) is 3.06. The molecule has 0 unspecified atom stereocenters. The molecule has 1 aromatic carbocycles. The molecule has 0 saturated heterocycles. The zero-order chi connectivity index (χ0) is 19.2.